The summed E-state index contributed by atoms with van der Waals surface area (Å²) in [5, 5.41) is 12.6. The molecule has 0 fully saturated rings. The number of aromatic hydroxyl groups is 1. The number of phenols is 1. The molecule has 0 aliphatic carbocycles. The summed E-state index contributed by atoms with van der Waals surface area (Å²) in [5.74, 6) is 0.853. The Labute approximate surface area is 470 Å². The van der Waals surface area contributed by atoms with Gasteiger partial charge in [-0.2, -0.15) is 0 Å². The van der Waals surface area contributed by atoms with Crippen LogP contribution in [0.5, 0.6) is 5.75 Å². The first-order valence-corrected chi connectivity index (χ1v) is 26.0. The van der Waals surface area contributed by atoms with E-state index in [1.54, 1.807) is 12.1 Å². The summed E-state index contributed by atoms with van der Waals surface area (Å²) in [6, 6.07) is 53.0. The van der Waals surface area contributed by atoms with Gasteiger partial charge in [0.05, 0.1) is 22.3 Å². The number of benzene rings is 7. The molecule has 0 saturated carbocycles. The molecule has 2 heterocycles. The van der Waals surface area contributed by atoms with Gasteiger partial charge in [-0.15, -0.1) is 29.3 Å². The van der Waals surface area contributed by atoms with Crippen molar-refractivity contribution in [2.45, 2.75) is 139 Å². The number of aromatic nitrogens is 3. The fourth-order valence-corrected chi connectivity index (χ4v) is 9.79. The molecule has 388 valence electrons. The average Bonchev–Trinajstić information content (AvgIpc) is 4.02. The molecular formula is C70H76N3OPt-. The van der Waals surface area contributed by atoms with Gasteiger partial charge >= 0.3 is 0 Å². The number of pyridine rings is 1. The zero-order valence-electron chi connectivity index (χ0n) is 51.5. The van der Waals surface area contributed by atoms with Gasteiger partial charge in [0.2, 0.25) is 0 Å². The smallest absolute Gasteiger partial charge is 0.148 e. The van der Waals surface area contributed by atoms with Gasteiger partial charge in [-0.05, 0) is 121 Å². The quantitative estimate of drug-likeness (QED) is 0.154. The third-order valence-electron chi connectivity index (χ3n) is 14.0. The van der Waals surface area contributed by atoms with Gasteiger partial charge in [-0.1, -0.05) is 218 Å². The molecule has 0 bridgehead atoms. The molecule has 0 amide bonds. The summed E-state index contributed by atoms with van der Waals surface area (Å²) in [6.45, 7) is 29.4. The second-order valence-electron chi connectivity index (χ2n) is 25.3. The fourth-order valence-electron chi connectivity index (χ4n) is 9.79. The molecule has 0 saturated heterocycles. The summed E-state index contributed by atoms with van der Waals surface area (Å²) in [7, 11) is 0. The molecule has 1 N–H and O–H groups in total. The van der Waals surface area contributed by atoms with E-state index >= 15 is 0 Å². The van der Waals surface area contributed by atoms with Gasteiger partial charge in [0, 0.05) is 50.9 Å². The van der Waals surface area contributed by atoms with Crippen LogP contribution in [0.3, 0.4) is 0 Å². The Morgan fingerprint density at radius 1 is 0.533 bits per heavy atom. The minimum atomic E-state index is -2.45. The maximum absolute atomic E-state index is 12.6. The third kappa shape index (κ3) is 11.6. The maximum atomic E-state index is 12.6. The standard InChI is InChI=1S/C70H76N3O.Pt/c1-44-35-45(43-66(2,3)4)25-31-55(44)48-28-26-46(27-29-48)49-33-34-71-60(39-49)51-36-50(37-53(38-51)68(8,9)10)56-23-20-24-62-63(56)72-65(58-41-54(69(11,12)13)42-59(64(58)74)70(14,15)16)73(62)61-32-30-52(67(5,6)7)40-57(61)47-21-18-17-19-22-47;/h17-35,37-42,74H,43H2,1-16H3;/q-1;/i1D3,43D2;. The molecule has 4 nitrogen and oxygen atoms in total. The van der Waals surface area contributed by atoms with Gasteiger partial charge in [0.1, 0.15) is 11.6 Å². The minimum Gasteiger partial charge on any atom is -0.507 e. The normalized spacial score (nSPS) is 13.9. The topological polar surface area (TPSA) is 50.9 Å². The van der Waals surface area contributed by atoms with Crippen LogP contribution in [0.1, 0.15) is 144 Å². The Hall–Kier alpha value is -6.35. The number of hydrogen-bond donors (Lipinski definition) is 1. The van der Waals surface area contributed by atoms with Gasteiger partial charge in [0.25, 0.3) is 0 Å². The molecule has 0 spiro atoms. The van der Waals surface area contributed by atoms with Gasteiger partial charge in [0.15, 0.2) is 0 Å². The van der Waals surface area contributed by atoms with Crippen molar-refractivity contribution in [1.29, 1.82) is 0 Å². The Kier molecular flexibility index (Phi) is 13.1. The Morgan fingerprint density at radius 2 is 1.16 bits per heavy atom. The van der Waals surface area contributed by atoms with Crippen LogP contribution in [0.15, 0.2) is 152 Å². The van der Waals surface area contributed by atoms with Crippen LogP contribution in [0.4, 0.5) is 0 Å². The van der Waals surface area contributed by atoms with Crippen molar-refractivity contribution in [3.05, 3.63) is 191 Å². The summed E-state index contributed by atoms with van der Waals surface area (Å²) in [4.78, 5) is 10.6. The molecule has 5 heteroatoms. The molecule has 75 heavy (non-hydrogen) atoms. The molecular weight excluding hydrogens is 1090 g/mol. The van der Waals surface area contributed by atoms with Crippen molar-refractivity contribution in [2.24, 2.45) is 5.41 Å². The largest absolute Gasteiger partial charge is 0.507 e. The van der Waals surface area contributed by atoms with Crippen LogP contribution in [-0.4, -0.2) is 19.6 Å². The van der Waals surface area contributed by atoms with E-state index in [0.717, 1.165) is 83.6 Å². The predicted molar refractivity (Wildman–Crippen MR) is 315 cm³/mol. The first-order valence-electron chi connectivity index (χ1n) is 28.5. The number of rotatable bonds is 8. The average molecular weight is 1180 g/mol. The van der Waals surface area contributed by atoms with Crippen LogP contribution in [0, 0.1) is 18.3 Å². The van der Waals surface area contributed by atoms with E-state index in [-0.39, 0.29) is 54.0 Å². The van der Waals surface area contributed by atoms with Gasteiger partial charge in [-0.25, -0.2) is 4.98 Å². The first kappa shape index (κ1) is 48.3. The monoisotopic (exact) mass is 1170 g/mol. The van der Waals surface area contributed by atoms with E-state index in [0.29, 0.717) is 22.5 Å². The molecule has 0 aliphatic heterocycles. The number of nitrogens with zero attached hydrogens (tertiary/aromatic N) is 3. The second kappa shape index (κ2) is 20.3. The molecule has 0 atom stereocenters. The fraction of sp³-hybridized carbons (Fsp3) is 0.314. The Balaban J connectivity index is 0.00000841. The molecule has 0 radical (unpaired) electrons. The van der Waals surface area contributed by atoms with Crippen molar-refractivity contribution in [3.63, 3.8) is 0 Å². The van der Waals surface area contributed by atoms with Crippen LogP contribution >= 0.6 is 0 Å². The molecule has 7 aromatic carbocycles. The zero-order chi connectivity index (χ0) is 57.6. The van der Waals surface area contributed by atoms with Gasteiger partial charge < -0.3 is 5.11 Å². The maximum Gasteiger partial charge on any atom is 0.148 e. The third-order valence-corrected chi connectivity index (χ3v) is 14.0. The summed E-state index contributed by atoms with van der Waals surface area (Å²) < 4.78 is 45.3. The van der Waals surface area contributed by atoms with Crippen LogP contribution < -0.4 is 0 Å². The van der Waals surface area contributed by atoms with Crippen molar-refractivity contribution in [1.82, 2.24) is 14.5 Å². The van der Waals surface area contributed by atoms with Crippen molar-refractivity contribution in [3.8, 4) is 78.6 Å². The molecule has 2 aromatic heterocycles. The number of hydrogen-bond acceptors (Lipinski definition) is 3. The predicted octanol–water partition coefficient (Wildman–Crippen LogP) is 19.0. The van der Waals surface area contributed by atoms with Crippen LogP contribution in [-0.2, 0) is 49.1 Å². The molecule has 9 rings (SSSR count). The number of para-hydroxylation sites is 1. The molecule has 0 unspecified atom stereocenters. The number of imidazole rings is 1. The number of aryl methyl sites for hydroxylation is 1. The number of fused-ring (bicyclic) bond motifs is 1. The van der Waals surface area contributed by atoms with Crippen LogP contribution in [0.2, 0.25) is 0 Å². The van der Waals surface area contributed by atoms with E-state index in [9.17, 15) is 5.11 Å². The van der Waals surface area contributed by atoms with Crippen molar-refractivity contribution < 1.29 is 33.0 Å². The van der Waals surface area contributed by atoms with Crippen molar-refractivity contribution >= 4 is 11.0 Å². The van der Waals surface area contributed by atoms with E-state index in [1.165, 1.54) is 11.6 Å². The summed E-state index contributed by atoms with van der Waals surface area (Å²) in [5.41, 5.74) is 14.9. The SMILES string of the molecule is [2H]C([2H])([2H])c1cc(C([2H])([2H])C(C)(C)C)ccc1-c1ccc(-c2ccnc(-c3[c-]c(-c4cccc5c4nc(-c4cc(C(C)(C)C)cc(C(C)(C)C)c4O)n5-c4ccc(C(C)(C)C)cc4-c4ccccc4)cc(C(C)(C)C)c3)c2)cc1.[Pt]. The minimum absolute atomic E-state index is 0. The molecule has 9 aromatic rings. The summed E-state index contributed by atoms with van der Waals surface area (Å²) in [6.07, 6.45) is 0.0740. The van der Waals surface area contributed by atoms with Crippen molar-refractivity contribution in [2.75, 3.05) is 0 Å². The van der Waals surface area contributed by atoms with E-state index in [4.69, 9.17) is 16.8 Å². The van der Waals surface area contributed by atoms with E-state index < -0.39 is 18.6 Å². The zero-order valence-corrected chi connectivity index (χ0v) is 48.8. The van der Waals surface area contributed by atoms with Gasteiger partial charge in [-0.3, -0.25) is 9.55 Å². The van der Waals surface area contributed by atoms with Crippen LogP contribution in [0.25, 0.3) is 83.9 Å². The number of phenolic OH excluding ortho intramolecular Hbond substituents is 1. The van der Waals surface area contributed by atoms with E-state index in [1.807, 2.05) is 63.4 Å². The first-order chi connectivity index (χ1) is 36.6. The second-order valence-corrected chi connectivity index (χ2v) is 25.3. The molecule has 0 aliphatic rings. The Morgan fingerprint density at radius 3 is 1.80 bits per heavy atom. The summed E-state index contributed by atoms with van der Waals surface area (Å²) >= 11 is 0. The van der Waals surface area contributed by atoms with E-state index in [2.05, 4.69) is 185 Å². The Bertz CT molecular complexity index is 3760.